The van der Waals surface area contributed by atoms with Crippen LogP contribution < -0.4 is 14.9 Å². The maximum Gasteiger partial charge on any atom is 0.338 e. The molecule has 2 aliphatic rings. The fourth-order valence-electron chi connectivity index (χ4n) is 6.96. The molecule has 0 spiro atoms. The first-order valence-electron chi connectivity index (χ1n) is 16.1. The van der Waals surface area contributed by atoms with Crippen molar-refractivity contribution in [3.63, 3.8) is 0 Å². The number of ether oxygens (including phenoxy) is 1. The Hall–Kier alpha value is -4.27. The van der Waals surface area contributed by atoms with Gasteiger partial charge in [0.05, 0.1) is 22.4 Å². The summed E-state index contributed by atoms with van der Waals surface area (Å²) >= 11 is 2.87. The number of rotatable bonds is 7. The number of thiazole rings is 1. The third kappa shape index (κ3) is 5.54. The number of aryl methyl sites for hydroxylation is 1. The summed E-state index contributed by atoms with van der Waals surface area (Å²) in [6.45, 7) is 6.23. The topological polar surface area (TPSA) is 65.6 Å². The highest BCUT2D eigenvalue weighted by molar-refractivity contribution is 7.10. The van der Waals surface area contributed by atoms with Gasteiger partial charge in [-0.3, -0.25) is 9.36 Å². The van der Waals surface area contributed by atoms with Gasteiger partial charge in [-0.05, 0) is 86.4 Å². The van der Waals surface area contributed by atoms with Gasteiger partial charge in [0.1, 0.15) is 6.04 Å². The summed E-state index contributed by atoms with van der Waals surface area (Å²) in [6.07, 6.45) is 8.53. The Morgan fingerprint density at radius 3 is 2.46 bits per heavy atom. The number of carbonyl (C=O) groups excluding carboxylic acids is 1. The fraction of sp³-hybridized carbons (Fsp3) is 0.289. The van der Waals surface area contributed by atoms with E-state index in [0.717, 1.165) is 33.1 Å². The van der Waals surface area contributed by atoms with Gasteiger partial charge >= 0.3 is 5.97 Å². The Labute approximate surface area is 276 Å². The summed E-state index contributed by atoms with van der Waals surface area (Å²) in [5, 5.41) is 1.96. The van der Waals surface area contributed by atoms with E-state index in [1.807, 2.05) is 53.9 Å². The fourth-order valence-corrected chi connectivity index (χ4v) is 8.78. The second-order valence-corrected chi connectivity index (χ2v) is 14.0. The van der Waals surface area contributed by atoms with Crippen LogP contribution in [0.1, 0.15) is 83.9 Å². The molecule has 0 saturated heterocycles. The minimum atomic E-state index is -0.636. The smallest absolute Gasteiger partial charge is 0.338 e. The molecule has 46 heavy (non-hydrogen) atoms. The lowest BCUT2D eigenvalue weighted by Gasteiger charge is -2.24. The monoisotopic (exact) mass is 647 g/mol. The predicted octanol–water partition coefficient (Wildman–Crippen LogP) is 7.45. The number of esters is 1. The first-order chi connectivity index (χ1) is 22.4. The Kier molecular flexibility index (Phi) is 8.49. The highest BCUT2D eigenvalue weighted by Gasteiger charge is 2.35. The van der Waals surface area contributed by atoms with Crippen molar-refractivity contribution in [2.75, 3.05) is 6.61 Å². The Balaban J connectivity index is 1.34. The standard InChI is InChI=1S/C38H37N3O3S2/c1-4-44-37(43)33-34(28-14-9-6-10-15-28)39-38-41(35(33)31-16-11-21-45-31)36(42)32(46-38)23-29-22-24(2)40(25(29)3)30-19-17-27(18-20-30)26-12-7-5-8-13-26/h6,9-11,14-23,26,35H,4-5,7-8,12-13H2,1-3H3/b32-23-/t35-/m1/s1. The van der Waals surface area contributed by atoms with E-state index >= 15 is 0 Å². The summed E-state index contributed by atoms with van der Waals surface area (Å²) in [7, 11) is 0. The Morgan fingerprint density at radius 1 is 1.00 bits per heavy atom. The molecule has 7 rings (SSSR count). The van der Waals surface area contributed by atoms with Crippen LogP contribution in [0.5, 0.6) is 0 Å². The van der Waals surface area contributed by atoms with Gasteiger partial charge in [0, 0.05) is 27.5 Å². The highest BCUT2D eigenvalue weighted by atomic mass is 32.1. The van der Waals surface area contributed by atoms with Crippen LogP contribution in [-0.2, 0) is 9.53 Å². The molecule has 4 heterocycles. The first-order valence-corrected chi connectivity index (χ1v) is 17.8. The van der Waals surface area contributed by atoms with Gasteiger partial charge < -0.3 is 9.30 Å². The van der Waals surface area contributed by atoms with Gasteiger partial charge in [-0.1, -0.05) is 79.1 Å². The molecule has 1 saturated carbocycles. The van der Waals surface area contributed by atoms with Crippen molar-refractivity contribution in [2.45, 2.75) is 64.8 Å². The van der Waals surface area contributed by atoms with Gasteiger partial charge in [-0.25, -0.2) is 9.79 Å². The number of fused-ring (bicyclic) bond motifs is 1. The molecule has 2 aromatic carbocycles. The normalized spacial score (nSPS) is 17.2. The maximum absolute atomic E-state index is 14.3. The third-order valence-corrected chi connectivity index (χ3v) is 11.1. The molecule has 0 bridgehead atoms. The van der Waals surface area contributed by atoms with Crippen LogP contribution >= 0.6 is 22.7 Å². The molecule has 6 nitrogen and oxygen atoms in total. The lowest BCUT2D eigenvalue weighted by molar-refractivity contribution is -0.138. The van der Waals surface area contributed by atoms with Crippen molar-refractivity contribution in [1.29, 1.82) is 0 Å². The number of hydrogen-bond donors (Lipinski definition) is 0. The number of hydrogen-bond acceptors (Lipinski definition) is 6. The molecule has 0 unspecified atom stereocenters. The molecule has 5 aromatic rings. The molecule has 8 heteroatoms. The molecule has 0 N–H and O–H groups in total. The van der Waals surface area contributed by atoms with E-state index < -0.39 is 12.0 Å². The van der Waals surface area contributed by atoms with Crippen LogP contribution in [0.4, 0.5) is 0 Å². The van der Waals surface area contributed by atoms with Crippen molar-refractivity contribution in [2.24, 2.45) is 4.99 Å². The van der Waals surface area contributed by atoms with E-state index in [1.165, 1.54) is 60.3 Å². The Morgan fingerprint density at radius 2 is 1.76 bits per heavy atom. The van der Waals surface area contributed by atoms with E-state index in [0.29, 0.717) is 26.5 Å². The zero-order valence-electron chi connectivity index (χ0n) is 26.4. The van der Waals surface area contributed by atoms with Crippen LogP contribution in [0.3, 0.4) is 0 Å². The highest BCUT2D eigenvalue weighted by Crippen LogP contribution is 2.37. The minimum absolute atomic E-state index is 0.169. The van der Waals surface area contributed by atoms with E-state index in [2.05, 4.69) is 48.7 Å². The van der Waals surface area contributed by atoms with Crippen LogP contribution in [0.2, 0.25) is 0 Å². The van der Waals surface area contributed by atoms with E-state index in [4.69, 9.17) is 9.73 Å². The minimum Gasteiger partial charge on any atom is -0.463 e. The molecule has 0 radical (unpaired) electrons. The quantitative estimate of drug-likeness (QED) is 0.172. The maximum atomic E-state index is 14.3. The van der Waals surface area contributed by atoms with Crippen molar-refractivity contribution >= 4 is 40.4 Å². The third-order valence-electron chi connectivity index (χ3n) is 9.17. The number of aromatic nitrogens is 2. The van der Waals surface area contributed by atoms with Crippen molar-refractivity contribution in [1.82, 2.24) is 9.13 Å². The van der Waals surface area contributed by atoms with Crippen molar-refractivity contribution in [3.05, 3.63) is 136 Å². The average molecular weight is 648 g/mol. The number of carbonyl (C=O) groups is 1. The summed E-state index contributed by atoms with van der Waals surface area (Å²) < 4.78 is 10.1. The van der Waals surface area contributed by atoms with Crippen LogP contribution in [0.15, 0.2) is 93.5 Å². The summed E-state index contributed by atoms with van der Waals surface area (Å²) in [5.41, 5.74) is 7.28. The molecule has 1 aliphatic heterocycles. The Bertz CT molecular complexity index is 2090. The predicted molar refractivity (Wildman–Crippen MR) is 186 cm³/mol. The largest absolute Gasteiger partial charge is 0.463 e. The van der Waals surface area contributed by atoms with Gasteiger partial charge in [0.25, 0.3) is 5.56 Å². The number of nitrogens with zero attached hydrogens (tertiary/aromatic N) is 3. The van der Waals surface area contributed by atoms with Gasteiger partial charge in [-0.15, -0.1) is 11.3 Å². The van der Waals surface area contributed by atoms with Gasteiger partial charge in [0.15, 0.2) is 4.80 Å². The van der Waals surface area contributed by atoms with E-state index in [1.54, 1.807) is 11.5 Å². The SMILES string of the molecule is CCOC(=O)C1=C(c2ccccc2)N=c2s/c(=C\c3cc(C)n(-c4ccc(C5CCCCC5)cc4)c3C)c(=O)n2[C@@H]1c1cccs1. The van der Waals surface area contributed by atoms with Crippen molar-refractivity contribution < 1.29 is 9.53 Å². The van der Waals surface area contributed by atoms with E-state index in [-0.39, 0.29) is 12.2 Å². The lowest BCUT2D eigenvalue weighted by Crippen LogP contribution is -2.39. The summed E-state index contributed by atoms with van der Waals surface area (Å²) in [5.74, 6) is 0.205. The lowest BCUT2D eigenvalue weighted by atomic mass is 9.84. The molecule has 1 fully saturated rings. The molecular weight excluding hydrogens is 611 g/mol. The molecular formula is C38H37N3O3S2. The molecule has 1 atom stereocenters. The summed E-state index contributed by atoms with van der Waals surface area (Å²) in [4.78, 5) is 34.2. The van der Waals surface area contributed by atoms with Crippen LogP contribution in [-0.4, -0.2) is 21.7 Å². The number of benzene rings is 2. The molecule has 3 aromatic heterocycles. The molecule has 0 amide bonds. The first kappa shape index (κ1) is 30.4. The summed E-state index contributed by atoms with van der Waals surface area (Å²) in [6, 6.07) is 24.1. The van der Waals surface area contributed by atoms with Crippen LogP contribution in [0, 0.1) is 13.8 Å². The average Bonchev–Trinajstić information content (AvgIpc) is 3.80. The zero-order chi connectivity index (χ0) is 31.8. The second-order valence-electron chi connectivity index (χ2n) is 12.0. The zero-order valence-corrected chi connectivity index (χ0v) is 28.0. The number of thiophene rings is 1. The molecule has 234 valence electrons. The molecule has 1 aliphatic carbocycles. The van der Waals surface area contributed by atoms with Crippen molar-refractivity contribution in [3.8, 4) is 5.69 Å². The second kappa shape index (κ2) is 12.9. The van der Waals surface area contributed by atoms with Gasteiger partial charge in [-0.2, -0.15) is 0 Å². The van der Waals surface area contributed by atoms with Gasteiger partial charge in [0.2, 0.25) is 0 Å². The van der Waals surface area contributed by atoms with Crippen LogP contribution in [0.25, 0.3) is 17.5 Å². The van der Waals surface area contributed by atoms with E-state index in [9.17, 15) is 9.59 Å².